The first-order chi connectivity index (χ1) is 5.40. The zero-order valence-corrected chi connectivity index (χ0v) is 6.84. The van der Waals surface area contributed by atoms with Crippen molar-refractivity contribution in [3.63, 3.8) is 0 Å². The van der Waals surface area contributed by atoms with Gasteiger partial charge in [-0.25, -0.2) is 0 Å². The summed E-state index contributed by atoms with van der Waals surface area (Å²) in [5, 5.41) is 0. The molecular formula is C9H13NO. The Morgan fingerprint density at radius 3 is 3.36 bits per heavy atom. The molecule has 0 atom stereocenters. The first-order valence-electron chi connectivity index (χ1n) is 4.17. The maximum absolute atomic E-state index is 5.32. The fraction of sp³-hybridized carbons (Fsp3) is 0.556. The van der Waals surface area contributed by atoms with Gasteiger partial charge in [-0.05, 0) is 12.6 Å². The van der Waals surface area contributed by atoms with E-state index in [-0.39, 0.29) is 0 Å². The molecule has 2 heterocycles. The summed E-state index contributed by atoms with van der Waals surface area (Å²) in [7, 11) is 0. The molecule has 0 N–H and O–H groups in total. The summed E-state index contributed by atoms with van der Waals surface area (Å²) in [4.78, 5) is 2.43. The predicted octanol–water partition coefficient (Wildman–Crippen LogP) is 1.66. The van der Waals surface area contributed by atoms with Crippen molar-refractivity contribution in [1.82, 2.24) is 4.90 Å². The van der Waals surface area contributed by atoms with E-state index in [4.69, 9.17) is 4.42 Å². The van der Waals surface area contributed by atoms with Gasteiger partial charge in [-0.2, -0.15) is 0 Å². The van der Waals surface area contributed by atoms with E-state index in [0.29, 0.717) is 0 Å². The fourth-order valence-electron chi connectivity index (χ4n) is 1.58. The molecule has 1 aliphatic heterocycles. The summed E-state index contributed by atoms with van der Waals surface area (Å²) >= 11 is 0. The van der Waals surface area contributed by atoms with Crippen LogP contribution >= 0.6 is 0 Å². The van der Waals surface area contributed by atoms with E-state index in [1.807, 2.05) is 0 Å². The predicted molar refractivity (Wildman–Crippen MR) is 43.4 cm³/mol. The molecule has 1 aromatic rings. The second-order valence-corrected chi connectivity index (χ2v) is 2.99. The van der Waals surface area contributed by atoms with Gasteiger partial charge in [0.25, 0.3) is 0 Å². The van der Waals surface area contributed by atoms with Crippen LogP contribution in [-0.4, -0.2) is 18.0 Å². The molecule has 0 unspecified atom stereocenters. The van der Waals surface area contributed by atoms with Crippen LogP contribution in [0.25, 0.3) is 0 Å². The van der Waals surface area contributed by atoms with Gasteiger partial charge in [0, 0.05) is 25.1 Å². The molecule has 0 aromatic carbocycles. The summed E-state index contributed by atoms with van der Waals surface area (Å²) in [6.45, 7) is 5.56. The van der Waals surface area contributed by atoms with Gasteiger partial charge >= 0.3 is 0 Å². The van der Waals surface area contributed by atoms with Gasteiger partial charge in [-0.15, -0.1) is 0 Å². The summed E-state index contributed by atoms with van der Waals surface area (Å²) in [5.74, 6) is 1.19. The number of rotatable bonds is 1. The molecule has 2 heteroatoms. The van der Waals surface area contributed by atoms with E-state index in [0.717, 1.165) is 26.1 Å². The maximum atomic E-state index is 5.32. The molecule has 0 fully saturated rings. The van der Waals surface area contributed by atoms with Crippen LogP contribution in [0.2, 0.25) is 0 Å². The van der Waals surface area contributed by atoms with Crippen LogP contribution in [0.1, 0.15) is 18.2 Å². The van der Waals surface area contributed by atoms with E-state index >= 15 is 0 Å². The lowest BCUT2D eigenvalue weighted by atomic mass is 10.1. The van der Waals surface area contributed by atoms with Crippen molar-refractivity contribution in [1.29, 1.82) is 0 Å². The van der Waals surface area contributed by atoms with E-state index in [1.54, 1.807) is 6.26 Å². The van der Waals surface area contributed by atoms with Crippen molar-refractivity contribution in [2.75, 3.05) is 13.1 Å². The minimum absolute atomic E-state index is 1.07. The zero-order valence-electron chi connectivity index (χ0n) is 6.84. The molecule has 0 aliphatic carbocycles. The van der Waals surface area contributed by atoms with Crippen molar-refractivity contribution < 1.29 is 4.42 Å². The first kappa shape index (κ1) is 6.92. The highest BCUT2D eigenvalue weighted by Gasteiger charge is 2.16. The number of furan rings is 1. The van der Waals surface area contributed by atoms with E-state index in [1.165, 1.54) is 11.3 Å². The highest BCUT2D eigenvalue weighted by molar-refractivity contribution is 5.19. The van der Waals surface area contributed by atoms with Crippen molar-refractivity contribution in [2.24, 2.45) is 0 Å². The molecule has 1 aliphatic rings. The zero-order chi connectivity index (χ0) is 7.68. The second-order valence-electron chi connectivity index (χ2n) is 2.99. The Kier molecular flexibility index (Phi) is 1.70. The molecule has 0 saturated heterocycles. The summed E-state index contributed by atoms with van der Waals surface area (Å²) < 4.78 is 5.32. The number of likely N-dealkylation sites (N-methyl/N-ethyl adjacent to an activating group) is 1. The van der Waals surface area contributed by atoms with Crippen molar-refractivity contribution in [3.05, 3.63) is 23.7 Å². The summed E-state index contributed by atoms with van der Waals surface area (Å²) in [6, 6.07) is 2.08. The average molecular weight is 151 g/mol. The van der Waals surface area contributed by atoms with Crippen LogP contribution < -0.4 is 0 Å². The quantitative estimate of drug-likeness (QED) is 0.607. The smallest absolute Gasteiger partial charge is 0.109 e. The number of hydrogen-bond donors (Lipinski definition) is 0. The summed E-state index contributed by atoms with van der Waals surface area (Å²) in [5.41, 5.74) is 1.37. The molecule has 0 spiro atoms. The Hall–Kier alpha value is -0.760. The standard InChI is InChI=1S/C9H13NO/c1-2-10-5-3-9-8(7-10)4-6-11-9/h4,6H,2-3,5,7H2,1H3. The molecule has 0 amide bonds. The van der Waals surface area contributed by atoms with Gasteiger partial charge in [0.1, 0.15) is 5.76 Å². The lowest BCUT2D eigenvalue weighted by Crippen LogP contribution is -2.29. The SMILES string of the molecule is CCN1CCc2occc2C1. The van der Waals surface area contributed by atoms with Crippen LogP contribution in [-0.2, 0) is 13.0 Å². The molecule has 1 aromatic heterocycles. The Bertz CT molecular complexity index is 241. The molecule has 60 valence electrons. The fourth-order valence-corrected chi connectivity index (χ4v) is 1.58. The lowest BCUT2D eigenvalue weighted by molar-refractivity contribution is 0.254. The third-order valence-electron chi connectivity index (χ3n) is 2.33. The Labute approximate surface area is 66.8 Å². The minimum Gasteiger partial charge on any atom is -0.469 e. The van der Waals surface area contributed by atoms with Gasteiger partial charge in [0.2, 0.25) is 0 Å². The van der Waals surface area contributed by atoms with Gasteiger partial charge in [-0.3, -0.25) is 4.90 Å². The largest absolute Gasteiger partial charge is 0.469 e. The molecule has 0 bridgehead atoms. The molecule has 2 rings (SSSR count). The molecular weight excluding hydrogens is 138 g/mol. The van der Waals surface area contributed by atoms with Crippen LogP contribution in [0.3, 0.4) is 0 Å². The monoisotopic (exact) mass is 151 g/mol. The number of fused-ring (bicyclic) bond motifs is 1. The number of nitrogens with zero attached hydrogens (tertiary/aromatic N) is 1. The highest BCUT2D eigenvalue weighted by atomic mass is 16.3. The molecule has 11 heavy (non-hydrogen) atoms. The van der Waals surface area contributed by atoms with Gasteiger partial charge in [0.15, 0.2) is 0 Å². The van der Waals surface area contributed by atoms with Gasteiger partial charge in [-0.1, -0.05) is 6.92 Å². The van der Waals surface area contributed by atoms with Gasteiger partial charge < -0.3 is 4.42 Å². The number of hydrogen-bond acceptors (Lipinski definition) is 2. The lowest BCUT2D eigenvalue weighted by Gasteiger charge is -2.23. The second kappa shape index (κ2) is 2.70. The minimum atomic E-state index is 1.07. The maximum Gasteiger partial charge on any atom is 0.109 e. The Morgan fingerprint density at radius 1 is 1.64 bits per heavy atom. The third kappa shape index (κ3) is 1.18. The van der Waals surface area contributed by atoms with Crippen molar-refractivity contribution in [2.45, 2.75) is 19.9 Å². The molecule has 0 radical (unpaired) electrons. The van der Waals surface area contributed by atoms with E-state index in [9.17, 15) is 0 Å². The van der Waals surface area contributed by atoms with Gasteiger partial charge in [0.05, 0.1) is 6.26 Å². The van der Waals surface area contributed by atoms with E-state index < -0.39 is 0 Å². The normalized spacial score (nSPS) is 18.3. The van der Waals surface area contributed by atoms with Crippen LogP contribution in [0, 0.1) is 0 Å². The van der Waals surface area contributed by atoms with Crippen molar-refractivity contribution in [3.8, 4) is 0 Å². The molecule has 2 nitrogen and oxygen atoms in total. The Morgan fingerprint density at radius 2 is 2.55 bits per heavy atom. The van der Waals surface area contributed by atoms with Crippen LogP contribution in [0.5, 0.6) is 0 Å². The average Bonchev–Trinajstić information content (AvgIpc) is 2.50. The first-order valence-corrected chi connectivity index (χ1v) is 4.17. The Balaban J connectivity index is 2.18. The third-order valence-corrected chi connectivity index (χ3v) is 2.33. The van der Waals surface area contributed by atoms with Crippen molar-refractivity contribution >= 4 is 0 Å². The molecule has 0 saturated carbocycles. The van der Waals surface area contributed by atoms with E-state index in [2.05, 4.69) is 17.9 Å². The highest BCUT2D eigenvalue weighted by Crippen LogP contribution is 2.18. The van der Waals surface area contributed by atoms with Crippen LogP contribution in [0.15, 0.2) is 16.7 Å². The van der Waals surface area contributed by atoms with Crippen LogP contribution in [0.4, 0.5) is 0 Å². The summed E-state index contributed by atoms with van der Waals surface area (Å²) in [6.07, 6.45) is 2.88. The topological polar surface area (TPSA) is 16.4 Å².